The summed E-state index contributed by atoms with van der Waals surface area (Å²) in [5, 5.41) is 17.5. The summed E-state index contributed by atoms with van der Waals surface area (Å²) in [4.78, 5) is 12.4. The van der Waals surface area contributed by atoms with Crippen molar-refractivity contribution in [3.05, 3.63) is 72.8 Å². The molecule has 2 N–H and O–H groups in total. The number of hydrogen-bond acceptors (Lipinski definition) is 3. The lowest BCUT2D eigenvalue weighted by atomic mass is 10.1. The molecule has 0 aliphatic heterocycles. The number of carbonyl (C=O) groups excluding carboxylic acids is 1. The van der Waals surface area contributed by atoms with E-state index < -0.39 is 6.10 Å². The molecular formula is C21H24N4O2. The van der Waals surface area contributed by atoms with E-state index in [1.807, 2.05) is 70.3 Å². The average Bonchev–Trinajstić information content (AvgIpc) is 3.40. The Morgan fingerprint density at radius 3 is 2.59 bits per heavy atom. The topological polar surface area (TPSA) is 72.1 Å². The standard InChI is InChI=1S/C21H24N4O2/c26-20-13-17(15-25-11-3-8-22-25)12-19(20)23-21(27)14-16-4-6-18(7-5-16)24-9-1-2-10-24/h1-11,17,19-20,26H,12-15H2,(H,23,27)/t17?,19-,20-/m1/s1. The molecule has 3 atom stereocenters. The highest BCUT2D eigenvalue weighted by Gasteiger charge is 2.34. The lowest BCUT2D eigenvalue weighted by Crippen LogP contribution is -2.40. The lowest BCUT2D eigenvalue weighted by molar-refractivity contribution is -0.121. The summed E-state index contributed by atoms with van der Waals surface area (Å²) in [6.45, 7) is 0.775. The third-order valence-corrected chi connectivity index (χ3v) is 5.18. The summed E-state index contributed by atoms with van der Waals surface area (Å²) in [5.41, 5.74) is 2.03. The minimum absolute atomic E-state index is 0.0486. The van der Waals surface area contributed by atoms with E-state index in [1.54, 1.807) is 6.20 Å². The molecule has 0 spiro atoms. The molecule has 2 heterocycles. The zero-order chi connectivity index (χ0) is 18.6. The summed E-state index contributed by atoms with van der Waals surface area (Å²) >= 11 is 0. The van der Waals surface area contributed by atoms with Crippen molar-refractivity contribution in [3.8, 4) is 5.69 Å². The molecule has 2 aromatic heterocycles. The highest BCUT2D eigenvalue weighted by Crippen LogP contribution is 2.27. The quantitative estimate of drug-likeness (QED) is 0.704. The van der Waals surface area contributed by atoms with Gasteiger partial charge in [-0.2, -0.15) is 5.10 Å². The number of rotatable bonds is 6. The number of nitrogens with zero attached hydrogens (tertiary/aromatic N) is 3. The maximum absolute atomic E-state index is 12.4. The summed E-state index contributed by atoms with van der Waals surface area (Å²) in [7, 11) is 0. The van der Waals surface area contributed by atoms with Gasteiger partial charge in [0, 0.05) is 37.0 Å². The molecule has 1 aliphatic carbocycles. The second-order valence-electron chi connectivity index (χ2n) is 7.24. The number of amides is 1. The van der Waals surface area contributed by atoms with Crippen molar-refractivity contribution in [1.29, 1.82) is 0 Å². The van der Waals surface area contributed by atoms with Crippen LogP contribution in [-0.4, -0.2) is 37.5 Å². The van der Waals surface area contributed by atoms with Gasteiger partial charge < -0.3 is 15.0 Å². The minimum Gasteiger partial charge on any atom is -0.391 e. The molecule has 1 aromatic carbocycles. The predicted octanol–water partition coefficient (Wildman–Crippen LogP) is 2.17. The first-order chi connectivity index (χ1) is 13.2. The van der Waals surface area contributed by atoms with Gasteiger partial charge in [0.15, 0.2) is 0 Å². The molecule has 140 valence electrons. The number of aliphatic hydroxyl groups is 1. The van der Waals surface area contributed by atoms with Crippen LogP contribution in [0.25, 0.3) is 5.69 Å². The van der Waals surface area contributed by atoms with E-state index in [0.717, 1.165) is 24.2 Å². The van der Waals surface area contributed by atoms with Gasteiger partial charge in [0.05, 0.1) is 18.6 Å². The summed E-state index contributed by atoms with van der Waals surface area (Å²) in [6.07, 6.45) is 8.95. The summed E-state index contributed by atoms with van der Waals surface area (Å²) < 4.78 is 3.91. The Morgan fingerprint density at radius 1 is 1.11 bits per heavy atom. The van der Waals surface area contributed by atoms with Crippen molar-refractivity contribution in [2.24, 2.45) is 5.92 Å². The van der Waals surface area contributed by atoms with E-state index in [-0.39, 0.29) is 11.9 Å². The van der Waals surface area contributed by atoms with Gasteiger partial charge in [0.2, 0.25) is 5.91 Å². The van der Waals surface area contributed by atoms with Crippen LogP contribution in [0.15, 0.2) is 67.3 Å². The van der Waals surface area contributed by atoms with Crippen LogP contribution in [0.1, 0.15) is 18.4 Å². The van der Waals surface area contributed by atoms with E-state index in [4.69, 9.17) is 0 Å². The number of hydrogen-bond donors (Lipinski definition) is 2. The Labute approximate surface area is 158 Å². The van der Waals surface area contributed by atoms with Crippen LogP contribution in [0.2, 0.25) is 0 Å². The monoisotopic (exact) mass is 364 g/mol. The molecule has 0 bridgehead atoms. The fourth-order valence-corrected chi connectivity index (χ4v) is 3.83. The Hall–Kier alpha value is -2.86. The maximum atomic E-state index is 12.4. The van der Waals surface area contributed by atoms with Crippen molar-refractivity contribution in [2.75, 3.05) is 0 Å². The Balaban J connectivity index is 1.30. The normalized spacial score (nSPS) is 22.0. The molecular weight excluding hydrogens is 340 g/mol. The van der Waals surface area contributed by atoms with Gasteiger partial charge in [0.25, 0.3) is 0 Å². The third-order valence-electron chi connectivity index (χ3n) is 5.18. The fourth-order valence-electron chi connectivity index (χ4n) is 3.83. The highest BCUT2D eigenvalue weighted by atomic mass is 16.3. The average molecular weight is 364 g/mol. The van der Waals surface area contributed by atoms with Crippen LogP contribution in [0.4, 0.5) is 0 Å². The molecule has 0 radical (unpaired) electrons. The first-order valence-electron chi connectivity index (χ1n) is 9.34. The van der Waals surface area contributed by atoms with E-state index in [0.29, 0.717) is 18.8 Å². The van der Waals surface area contributed by atoms with Gasteiger partial charge in [-0.1, -0.05) is 12.1 Å². The van der Waals surface area contributed by atoms with Crippen LogP contribution >= 0.6 is 0 Å². The molecule has 1 saturated carbocycles. The van der Waals surface area contributed by atoms with E-state index in [1.165, 1.54) is 0 Å². The minimum atomic E-state index is -0.495. The number of benzene rings is 1. The SMILES string of the molecule is O=C(Cc1ccc(-n2cccc2)cc1)N[C@@H]1CC(Cn2cccn2)C[C@H]1O. The van der Waals surface area contributed by atoms with Gasteiger partial charge in [-0.25, -0.2) is 0 Å². The summed E-state index contributed by atoms with van der Waals surface area (Å²) in [5.74, 6) is 0.276. The third kappa shape index (κ3) is 4.28. The molecule has 27 heavy (non-hydrogen) atoms. The Kier molecular flexibility index (Phi) is 5.07. The smallest absolute Gasteiger partial charge is 0.224 e. The molecule has 0 saturated heterocycles. The zero-order valence-corrected chi connectivity index (χ0v) is 15.1. The number of carbonyl (C=O) groups is 1. The van der Waals surface area contributed by atoms with Crippen LogP contribution < -0.4 is 5.32 Å². The number of aromatic nitrogens is 3. The van der Waals surface area contributed by atoms with Crippen molar-refractivity contribution < 1.29 is 9.90 Å². The lowest BCUT2D eigenvalue weighted by Gasteiger charge is -2.16. The molecule has 4 rings (SSSR count). The molecule has 1 aliphatic rings. The Bertz CT molecular complexity index is 856. The second-order valence-corrected chi connectivity index (χ2v) is 7.24. The van der Waals surface area contributed by atoms with Gasteiger partial charge in [-0.3, -0.25) is 9.48 Å². The molecule has 6 heteroatoms. The maximum Gasteiger partial charge on any atom is 0.224 e. The Morgan fingerprint density at radius 2 is 1.89 bits per heavy atom. The van der Waals surface area contributed by atoms with E-state index in [9.17, 15) is 9.90 Å². The number of nitrogens with one attached hydrogen (secondary N) is 1. The van der Waals surface area contributed by atoms with Crippen LogP contribution in [0.3, 0.4) is 0 Å². The van der Waals surface area contributed by atoms with E-state index >= 15 is 0 Å². The van der Waals surface area contributed by atoms with Crippen LogP contribution in [0.5, 0.6) is 0 Å². The molecule has 1 unspecified atom stereocenters. The van der Waals surface area contributed by atoms with Gasteiger partial charge in [-0.15, -0.1) is 0 Å². The molecule has 1 amide bonds. The first-order valence-corrected chi connectivity index (χ1v) is 9.34. The van der Waals surface area contributed by atoms with Gasteiger partial charge >= 0.3 is 0 Å². The van der Waals surface area contributed by atoms with Gasteiger partial charge in [0.1, 0.15) is 0 Å². The molecule has 6 nitrogen and oxygen atoms in total. The molecule has 1 fully saturated rings. The second kappa shape index (κ2) is 7.80. The largest absolute Gasteiger partial charge is 0.391 e. The summed E-state index contributed by atoms with van der Waals surface area (Å²) in [6, 6.07) is 13.6. The van der Waals surface area contributed by atoms with Crippen molar-refractivity contribution >= 4 is 5.91 Å². The fraction of sp³-hybridized carbons (Fsp3) is 0.333. The zero-order valence-electron chi connectivity index (χ0n) is 15.1. The van der Waals surface area contributed by atoms with Crippen molar-refractivity contribution in [1.82, 2.24) is 19.7 Å². The van der Waals surface area contributed by atoms with Crippen molar-refractivity contribution in [2.45, 2.75) is 38.0 Å². The predicted molar refractivity (Wildman–Crippen MR) is 102 cm³/mol. The van der Waals surface area contributed by atoms with Gasteiger partial charge in [-0.05, 0) is 54.7 Å². The first kappa shape index (κ1) is 17.5. The highest BCUT2D eigenvalue weighted by molar-refractivity contribution is 5.79. The molecule has 3 aromatic rings. The van der Waals surface area contributed by atoms with Crippen LogP contribution in [0, 0.1) is 5.92 Å². The van der Waals surface area contributed by atoms with E-state index in [2.05, 4.69) is 10.4 Å². The van der Waals surface area contributed by atoms with Crippen molar-refractivity contribution in [3.63, 3.8) is 0 Å². The number of aliphatic hydroxyl groups excluding tert-OH is 1. The van der Waals surface area contributed by atoms with Crippen LogP contribution in [-0.2, 0) is 17.8 Å².